The molecular weight excluding hydrogens is 312 g/mol. The number of hydrogen-bond acceptors (Lipinski definition) is 4. The van der Waals surface area contributed by atoms with Gasteiger partial charge in [0.05, 0.1) is 25.7 Å². The Morgan fingerprint density at radius 2 is 1.70 bits per heavy atom. The molecule has 0 unspecified atom stereocenters. The molecule has 0 aliphatic heterocycles. The minimum absolute atomic E-state index is 0.0676. The molecule has 2 aromatic rings. The number of rotatable bonds is 7. The predicted octanol–water partition coefficient (Wildman–Crippen LogP) is 3.17. The lowest BCUT2D eigenvalue weighted by Crippen LogP contribution is -2.12. The van der Waals surface area contributed by atoms with E-state index in [2.05, 4.69) is 0 Å². The average molecular weight is 334 g/mol. The Morgan fingerprint density at radius 1 is 0.957 bits per heavy atom. The first-order valence-corrected chi connectivity index (χ1v) is 9.23. The van der Waals surface area contributed by atoms with Crippen molar-refractivity contribution in [2.24, 2.45) is 0 Å². The van der Waals surface area contributed by atoms with Gasteiger partial charge in [-0.25, -0.2) is 8.42 Å². The first-order chi connectivity index (χ1) is 10.9. The van der Waals surface area contributed by atoms with Crippen LogP contribution in [0.2, 0.25) is 0 Å². The number of methoxy groups -OCH3 is 2. The van der Waals surface area contributed by atoms with E-state index >= 15 is 0 Å². The molecule has 0 amide bonds. The third-order valence-corrected chi connectivity index (χ3v) is 5.39. The second-order valence-electron chi connectivity index (χ2n) is 5.45. The zero-order valence-electron chi connectivity index (χ0n) is 13.7. The van der Waals surface area contributed by atoms with Crippen molar-refractivity contribution in [2.75, 3.05) is 20.0 Å². The van der Waals surface area contributed by atoms with Crippen LogP contribution in [0.25, 0.3) is 0 Å². The molecule has 0 aliphatic rings. The smallest absolute Gasteiger partial charge is 0.154 e. The summed E-state index contributed by atoms with van der Waals surface area (Å²) in [6, 6.07) is 13.0. The molecule has 0 radical (unpaired) electrons. The fourth-order valence-corrected chi connectivity index (χ4v) is 3.88. The van der Waals surface area contributed by atoms with Gasteiger partial charge in [0, 0.05) is 6.07 Å². The summed E-state index contributed by atoms with van der Waals surface area (Å²) >= 11 is 0. The van der Waals surface area contributed by atoms with E-state index in [0.717, 1.165) is 16.7 Å². The Morgan fingerprint density at radius 3 is 2.35 bits per heavy atom. The largest absolute Gasteiger partial charge is 0.497 e. The van der Waals surface area contributed by atoms with E-state index < -0.39 is 9.84 Å². The zero-order chi connectivity index (χ0) is 16.9. The predicted molar refractivity (Wildman–Crippen MR) is 91.9 cm³/mol. The van der Waals surface area contributed by atoms with Crippen molar-refractivity contribution in [1.29, 1.82) is 0 Å². The molecule has 4 nitrogen and oxygen atoms in total. The van der Waals surface area contributed by atoms with Crippen LogP contribution in [0.1, 0.15) is 16.7 Å². The van der Waals surface area contributed by atoms with E-state index in [1.807, 2.05) is 43.3 Å². The van der Waals surface area contributed by atoms with Crippen LogP contribution >= 0.6 is 0 Å². The number of sulfone groups is 1. The lowest BCUT2D eigenvalue weighted by atomic mass is 10.1. The van der Waals surface area contributed by atoms with Gasteiger partial charge in [-0.3, -0.25) is 0 Å². The molecule has 0 aliphatic carbocycles. The molecule has 0 bridgehead atoms. The Hall–Kier alpha value is -2.01. The Balaban J connectivity index is 2.09. The van der Waals surface area contributed by atoms with Crippen LogP contribution in [0, 0.1) is 6.92 Å². The molecule has 23 heavy (non-hydrogen) atoms. The van der Waals surface area contributed by atoms with E-state index in [-0.39, 0.29) is 11.5 Å². The van der Waals surface area contributed by atoms with Gasteiger partial charge in [0.2, 0.25) is 0 Å². The molecule has 124 valence electrons. The van der Waals surface area contributed by atoms with Crippen LogP contribution in [0.4, 0.5) is 0 Å². The maximum absolute atomic E-state index is 12.4. The van der Waals surface area contributed by atoms with Crippen molar-refractivity contribution in [1.82, 2.24) is 0 Å². The second kappa shape index (κ2) is 7.51. The zero-order valence-corrected chi connectivity index (χ0v) is 14.5. The van der Waals surface area contributed by atoms with Gasteiger partial charge in [0.1, 0.15) is 11.5 Å². The molecule has 0 spiro atoms. The maximum atomic E-state index is 12.4. The molecule has 0 atom stereocenters. The van der Waals surface area contributed by atoms with Crippen molar-refractivity contribution in [3.05, 3.63) is 59.2 Å². The highest BCUT2D eigenvalue weighted by atomic mass is 32.2. The topological polar surface area (TPSA) is 52.6 Å². The van der Waals surface area contributed by atoms with E-state index in [1.165, 1.54) is 0 Å². The van der Waals surface area contributed by atoms with E-state index in [1.54, 1.807) is 20.3 Å². The van der Waals surface area contributed by atoms with Crippen molar-refractivity contribution in [3.63, 3.8) is 0 Å². The molecular formula is C18H22O4S. The van der Waals surface area contributed by atoms with Crippen LogP contribution in [-0.4, -0.2) is 28.4 Å². The first-order valence-electron chi connectivity index (χ1n) is 7.41. The van der Waals surface area contributed by atoms with Crippen molar-refractivity contribution in [2.45, 2.75) is 19.1 Å². The highest BCUT2D eigenvalue weighted by Gasteiger charge is 2.15. The van der Waals surface area contributed by atoms with Crippen molar-refractivity contribution in [3.8, 4) is 11.5 Å². The maximum Gasteiger partial charge on any atom is 0.154 e. The SMILES string of the molecule is COc1ccc(CCS(=O)(=O)Cc2ccccc2C)c(OC)c1. The lowest BCUT2D eigenvalue weighted by molar-refractivity contribution is 0.391. The van der Waals surface area contributed by atoms with Crippen LogP contribution in [0.5, 0.6) is 11.5 Å². The van der Waals surface area contributed by atoms with Gasteiger partial charge in [-0.05, 0) is 36.1 Å². The van der Waals surface area contributed by atoms with Crippen LogP contribution in [0.3, 0.4) is 0 Å². The van der Waals surface area contributed by atoms with E-state index in [0.29, 0.717) is 17.9 Å². The van der Waals surface area contributed by atoms with Gasteiger partial charge in [0.15, 0.2) is 9.84 Å². The van der Waals surface area contributed by atoms with Gasteiger partial charge in [-0.1, -0.05) is 30.3 Å². The second-order valence-corrected chi connectivity index (χ2v) is 7.63. The molecule has 5 heteroatoms. The summed E-state index contributed by atoms with van der Waals surface area (Å²) in [5, 5.41) is 0. The summed E-state index contributed by atoms with van der Waals surface area (Å²) in [5.74, 6) is 1.49. The fraction of sp³-hybridized carbons (Fsp3) is 0.333. The summed E-state index contributed by atoms with van der Waals surface area (Å²) < 4.78 is 35.2. The van der Waals surface area contributed by atoms with Crippen LogP contribution in [0.15, 0.2) is 42.5 Å². The summed E-state index contributed by atoms with van der Waals surface area (Å²) in [5.41, 5.74) is 2.72. The van der Waals surface area contributed by atoms with Crippen molar-refractivity contribution < 1.29 is 17.9 Å². The minimum atomic E-state index is -3.18. The average Bonchev–Trinajstić information content (AvgIpc) is 2.55. The molecule has 0 saturated heterocycles. The Labute approximate surface area is 138 Å². The van der Waals surface area contributed by atoms with Gasteiger partial charge >= 0.3 is 0 Å². The van der Waals surface area contributed by atoms with Gasteiger partial charge in [0.25, 0.3) is 0 Å². The number of hydrogen-bond donors (Lipinski definition) is 0. The van der Waals surface area contributed by atoms with Gasteiger partial charge < -0.3 is 9.47 Å². The third kappa shape index (κ3) is 4.73. The van der Waals surface area contributed by atoms with E-state index in [4.69, 9.17) is 9.47 Å². The van der Waals surface area contributed by atoms with Crippen LogP contribution in [-0.2, 0) is 22.0 Å². The minimum Gasteiger partial charge on any atom is -0.497 e. The fourth-order valence-electron chi connectivity index (χ4n) is 2.40. The highest BCUT2D eigenvalue weighted by molar-refractivity contribution is 7.90. The van der Waals surface area contributed by atoms with Gasteiger partial charge in [-0.2, -0.15) is 0 Å². The standard InChI is InChI=1S/C18H22O4S/c1-14-6-4-5-7-16(14)13-23(19,20)11-10-15-8-9-17(21-2)12-18(15)22-3/h4-9,12H,10-11,13H2,1-3H3. The first kappa shape index (κ1) is 17.3. The highest BCUT2D eigenvalue weighted by Crippen LogP contribution is 2.25. The van der Waals surface area contributed by atoms with Crippen LogP contribution < -0.4 is 9.47 Å². The third-order valence-electron chi connectivity index (χ3n) is 3.81. The summed E-state index contributed by atoms with van der Waals surface area (Å²) in [6.45, 7) is 1.93. The molecule has 2 aromatic carbocycles. The number of aryl methyl sites for hydroxylation is 2. The normalized spacial score (nSPS) is 11.3. The lowest BCUT2D eigenvalue weighted by Gasteiger charge is -2.11. The number of ether oxygens (including phenoxy) is 2. The molecule has 0 aromatic heterocycles. The summed E-state index contributed by atoms with van der Waals surface area (Å²) in [7, 11) is -0.0288. The molecule has 0 N–H and O–H groups in total. The van der Waals surface area contributed by atoms with E-state index in [9.17, 15) is 8.42 Å². The Bertz CT molecular complexity index is 766. The molecule has 0 saturated carbocycles. The summed E-state index contributed by atoms with van der Waals surface area (Å²) in [6.07, 6.45) is 0.418. The summed E-state index contributed by atoms with van der Waals surface area (Å²) in [4.78, 5) is 0. The molecule has 0 heterocycles. The molecule has 2 rings (SSSR count). The monoisotopic (exact) mass is 334 g/mol. The number of benzene rings is 2. The van der Waals surface area contributed by atoms with Gasteiger partial charge in [-0.15, -0.1) is 0 Å². The quantitative estimate of drug-likeness (QED) is 0.780. The Kier molecular flexibility index (Phi) is 5.66. The van der Waals surface area contributed by atoms with Crippen molar-refractivity contribution >= 4 is 9.84 Å². The molecule has 0 fully saturated rings.